The van der Waals surface area contributed by atoms with Crippen molar-refractivity contribution in [3.05, 3.63) is 65.2 Å². The van der Waals surface area contributed by atoms with Crippen LogP contribution in [0.5, 0.6) is 5.75 Å². The molecule has 0 bridgehead atoms. The predicted molar refractivity (Wildman–Crippen MR) is 89.3 cm³/mol. The van der Waals surface area contributed by atoms with Crippen LogP contribution in [0.15, 0.2) is 48.5 Å². The Bertz CT molecular complexity index is 623. The highest BCUT2D eigenvalue weighted by atomic mass is 16.5. The van der Waals surface area contributed by atoms with Gasteiger partial charge in [0, 0.05) is 6.54 Å². The van der Waals surface area contributed by atoms with Crippen LogP contribution < -0.4 is 10.1 Å². The summed E-state index contributed by atoms with van der Waals surface area (Å²) in [6.07, 6.45) is 0. The molecule has 3 nitrogen and oxygen atoms in total. The number of carbonyl (C=O) groups is 1. The third-order valence-electron chi connectivity index (χ3n) is 3.82. The van der Waals surface area contributed by atoms with E-state index in [-0.39, 0.29) is 18.4 Å². The van der Waals surface area contributed by atoms with Gasteiger partial charge in [0.05, 0.1) is 0 Å². The van der Waals surface area contributed by atoms with Crippen molar-refractivity contribution in [1.29, 1.82) is 0 Å². The Morgan fingerprint density at radius 3 is 2.50 bits per heavy atom. The highest BCUT2D eigenvalue weighted by Gasteiger charge is 2.08. The van der Waals surface area contributed by atoms with Crippen LogP contribution in [0.1, 0.15) is 29.5 Å². The minimum atomic E-state index is -0.0963. The first-order valence-electron chi connectivity index (χ1n) is 7.58. The quantitative estimate of drug-likeness (QED) is 0.884. The number of benzene rings is 2. The van der Waals surface area contributed by atoms with Gasteiger partial charge in [-0.25, -0.2) is 0 Å². The fraction of sp³-hybridized carbons (Fsp3) is 0.316. The molecule has 1 atom stereocenters. The highest BCUT2D eigenvalue weighted by Crippen LogP contribution is 2.16. The maximum atomic E-state index is 11.9. The highest BCUT2D eigenvalue weighted by molar-refractivity contribution is 5.77. The molecule has 0 aromatic heterocycles. The molecule has 1 amide bonds. The average molecular weight is 297 g/mol. The Labute approximate surface area is 132 Å². The number of amides is 1. The lowest BCUT2D eigenvalue weighted by atomic mass is 10.0. The summed E-state index contributed by atoms with van der Waals surface area (Å²) in [5, 5.41) is 2.91. The second kappa shape index (κ2) is 7.64. The molecule has 0 radical (unpaired) electrons. The molecule has 2 aromatic rings. The minimum absolute atomic E-state index is 0.0456. The molecule has 0 saturated heterocycles. The summed E-state index contributed by atoms with van der Waals surface area (Å²) in [4.78, 5) is 11.9. The van der Waals surface area contributed by atoms with Crippen LogP contribution in [-0.4, -0.2) is 19.1 Å². The van der Waals surface area contributed by atoms with Crippen molar-refractivity contribution in [2.24, 2.45) is 0 Å². The van der Waals surface area contributed by atoms with Gasteiger partial charge in [0.25, 0.3) is 5.91 Å². The molecule has 0 fully saturated rings. The first-order valence-corrected chi connectivity index (χ1v) is 7.58. The SMILES string of the molecule is Cc1ccc(OCC(=O)NC[C@H](C)c2ccccc2)cc1C. The van der Waals surface area contributed by atoms with Crippen molar-refractivity contribution in [1.82, 2.24) is 5.32 Å². The van der Waals surface area contributed by atoms with Gasteiger partial charge in [-0.3, -0.25) is 4.79 Å². The lowest BCUT2D eigenvalue weighted by molar-refractivity contribution is -0.123. The van der Waals surface area contributed by atoms with Gasteiger partial charge in [0.2, 0.25) is 0 Å². The van der Waals surface area contributed by atoms with Gasteiger partial charge >= 0.3 is 0 Å². The number of hydrogen-bond acceptors (Lipinski definition) is 2. The molecule has 0 unspecified atom stereocenters. The topological polar surface area (TPSA) is 38.3 Å². The Kier molecular flexibility index (Phi) is 5.59. The molecular formula is C19H23NO2. The van der Waals surface area contributed by atoms with E-state index in [0.717, 1.165) is 11.3 Å². The van der Waals surface area contributed by atoms with Crippen molar-refractivity contribution >= 4 is 5.91 Å². The molecule has 2 rings (SSSR count). The van der Waals surface area contributed by atoms with Crippen molar-refractivity contribution in [2.75, 3.05) is 13.2 Å². The summed E-state index contributed by atoms with van der Waals surface area (Å²) in [6.45, 7) is 6.84. The Balaban J connectivity index is 1.77. The number of aryl methyl sites for hydroxylation is 2. The third kappa shape index (κ3) is 4.62. The van der Waals surface area contributed by atoms with Gasteiger partial charge in [-0.15, -0.1) is 0 Å². The maximum Gasteiger partial charge on any atom is 0.257 e. The van der Waals surface area contributed by atoms with Crippen LogP contribution in [0.25, 0.3) is 0 Å². The zero-order valence-electron chi connectivity index (χ0n) is 13.4. The number of ether oxygens (including phenoxy) is 1. The smallest absolute Gasteiger partial charge is 0.257 e. The zero-order chi connectivity index (χ0) is 15.9. The van der Waals surface area contributed by atoms with E-state index in [1.807, 2.05) is 43.3 Å². The number of nitrogens with one attached hydrogen (secondary N) is 1. The summed E-state index contributed by atoms with van der Waals surface area (Å²) in [5.74, 6) is 0.919. The lowest BCUT2D eigenvalue weighted by Crippen LogP contribution is -2.31. The van der Waals surface area contributed by atoms with Crippen molar-refractivity contribution in [3.8, 4) is 5.75 Å². The summed E-state index contributed by atoms with van der Waals surface area (Å²) in [5.41, 5.74) is 3.60. The fourth-order valence-corrected chi connectivity index (χ4v) is 2.17. The molecule has 0 spiro atoms. The van der Waals surface area contributed by atoms with E-state index in [1.165, 1.54) is 11.1 Å². The lowest BCUT2D eigenvalue weighted by Gasteiger charge is -2.13. The van der Waals surface area contributed by atoms with Gasteiger partial charge in [-0.2, -0.15) is 0 Å². The molecule has 0 saturated carbocycles. The van der Waals surface area contributed by atoms with Gasteiger partial charge < -0.3 is 10.1 Å². The Morgan fingerprint density at radius 1 is 1.09 bits per heavy atom. The second-order valence-electron chi connectivity index (χ2n) is 5.65. The molecule has 0 aliphatic carbocycles. The van der Waals surface area contributed by atoms with Crippen molar-refractivity contribution in [2.45, 2.75) is 26.7 Å². The van der Waals surface area contributed by atoms with E-state index in [2.05, 4.69) is 31.3 Å². The summed E-state index contributed by atoms with van der Waals surface area (Å²) < 4.78 is 5.53. The Hall–Kier alpha value is -2.29. The zero-order valence-corrected chi connectivity index (χ0v) is 13.4. The summed E-state index contributed by atoms with van der Waals surface area (Å²) in [7, 11) is 0. The van der Waals surface area contributed by atoms with E-state index in [1.54, 1.807) is 0 Å². The largest absolute Gasteiger partial charge is 0.484 e. The fourth-order valence-electron chi connectivity index (χ4n) is 2.17. The van der Waals surface area contributed by atoms with Gasteiger partial charge in [-0.1, -0.05) is 43.3 Å². The van der Waals surface area contributed by atoms with E-state index >= 15 is 0 Å². The van der Waals surface area contributed by atoms with Crippen LogP contribution in [0.4, 0.5) is 0 Å². The van der Waals surface area contributed by atoms with Gasteiger partial charge in [0.15, 0.2) is 6.61 Å². The van der Waals surface area contributed by atoms with Crippen LogP contribution in [0.3, 0.4) is 0 Å². The Morgan fingerprint density at radius 2 is 1.82 bits per heavy atom. The van der Waals surface area contributed by atoms with E-state index < -0.39 is 0 Å². The maximum absolute atomic E-state index is 11.9. The van der Waals surface area contributed by atoms with E-state index in [0.29, 0.717) is 6.54 Å². The molecule has 0 heterocycles. The molecule has 22 heavy (non-hydrogen) atoms. The molecule has 0 aliphatic rings. The molecular weight excluding hydrogens is 274 g/mol. The van der Waals surface area contributed by atoms with Crippen molar-refractivity contribution in [3.63, 3.8) is 0 Å². The predicted octanol–water partition coefficient (Wildman–Crippen LogP) is 3.60. The first kappa shape index (κ1) is 16.1. The van der Waals surface area contributed by atoms with Crippen molar-refractivity contribution < 1.29 is 9.53 Å². The summed E-state index contributed by atoms with van der Waals surface area (Å²) in [6, 6.07) is 16.0. The molecule has 2 aromatic carbocycles. The first-order chi connectivity index (χ1) is 10.6. The van der Waals surface area contributed by atoms with Crippen LogP contribution in [0, 0.1) is 13.8 Å². The molecule has 1 N–H and O–H groups in total. The standard InChI is InChI=1S/C19H23NO2/c1-14-9-10-18(11-15(14)2)22-13-19(21)20-12-16(3)17-7-5-4-6-8-17/h4-11,16H,12-13H2,1-3H3,(H,20,21)/t16-/m0/s1. The van der Waals surface area contributed by atoms with E-state index in [9.17, 15) is 4.79 Å². The van der Waals surface area contributed by atoms with Gasteiger partial charge in [0.1, 0.15) is 5.75 Å². The molecule has 0 aliphatic heterocycles. The van der Waals surface area contributed by atoms with Crippen LogP contribution >= 0.6 is 0 Å². The average Bonchev–Trinajstić information content (AvgIpc) is 2.54. The normalized spacial score (nSPS) is 11.8. The van der Waals surface area contributed by atoms with Gasteiger partial charge in [-0.05, 0) is 48.6 Å². The van der Waals surface area contributed by atoms with E-state index in [4.69, 9.17) is 4.74 Å². The number of rotatable bonds is 6. The third-order valence-corrected chi connectivity index (χ3v) is 3.82. The summed E-state index contributed by atoms with van der Waals surface area (Å²) >= 11 is 0. The molecule has 116 valence electrons. The monoisotopic (exact) mass is 297 g/mol. The van der Waals surface area contributed by atoms with Crippen LogP contribution in [0.2, 0.25) is 0 Å². The number of hydrogen-bond donors (Lipinski definition) is 1. The minimum Gasteiger partial charge on any atom is -0.484 e. The van der Waals surface area contributed by atoms with Crippen LogP contribution in [-0.2, 0) is 4.79 Å². The number of carbonyl (C=O) groups excluding carboxylic acids is 1. The molecule has 3 heteroatoms. The second-order valence-corrected chi connectivity index (χ2v) is 5.65.